The van der Waals surface area contributed by atoms with Crippen LogP contribution in [0.15, 0.2) is 66.9 Å². The van der Waals surface area contributed by atoms with Gasteiger partial charge in [-0.25, -0.2) is 4.79 Å². The monoisotopic (exact) mass is 387 g/mol. The van der Waals surface area contributed by atoms with Crippen molar-refractivity contribution in [2.24, 2.45) is 0 Å². The van der Waals surface area contributed by atoms with Gasteiger partial charge in [0.15, 0.2) is 0 Å². The van der Waals surface area contributed by atoms with E-state index in [0.717, 1.165) is 12.1 Å². The van der Waals surface area contributed by atoms with Crippen molar-refractivity contribution in [3.8, 4) is 0 Å². The van der Waals surface area contributed by atoms with Crippen LogP contribution in [0.1, 0.15) is 33.3 Å². The first-order chi connectivity index (χ1) is 14.2. The van der Waals surface area contributed by atoms with Gasteiger partial charge < -0.3 is 15.0 Å². The normalized spacial score (nSPS) is 12.4. The molecule has 1 amide bonds. The molecule has 0 unspecified atom stereocenters. The predicted molar refractivity (Wildman–Crippen MR) is 112 cm³/mol. The number of hydrogen-bond donors (Lipinski definition) is 1. The maximum atomic E-state index is 13.0. The molecule has 29 heavy (non-hydrogen) atoms. The van der Waals surface area contributed by atoms with Gasteiger partial charge >= 0.3 is 5.97 Å². The van der Waals surface area contributed by atoms with Crippen LogP contribution in [0.3, 0.4) is 0 Å². The van der Waals surface area contributed by atoms with Gasteiger partial charge in [-0.3, -0.25) is 9.78 Å². The molecule has 0 spiro atoms. The van der Waals surface area contributed by atoms with Crippen LogP contribution in [0.4, 0.5) is 17.1 Å². The lowest BCUT2D eigenvalue weighted by Gasteiger charge is -2.17. The lowest BCUT2D eigenvalue weighted by atomic mass is 10.1. The molecule has 4 rings (SSSR count). The predicted octanol–water partition coefficient (Wildman–Crippen LogP) is 4.20. The lowest BCUT2D eigenvalue weighted by molar-refractivity contribution is 0.0527. The highest BCUT2D eigenvalue weighted by atomic mass is 16.5. The van der Waals surface area contributed by atoms with E-state index in [9.17, 15) is 9.59 Å². The molecular weight excluding hydrogens is 366 g/mol. The summed E-state index contributed by atoms with van der Waals surface area (Å²) in [7, 11) is 0. The first-order valence-corrected chi connectivity index (χ1v) is 9.56. The van der Waals surface area contributed by atoms with Crippen molar-refractivity contribution in [2.45, 2.75) is 13.3 Å². The van der Waals surface area contributed by atoms with Crippen molar-refractivity contribution >= 4 is 28.9 Å². The summed E-state index contributed by atoms with van der Waals surface area (Å²) in [5.41, 5.74) is 4.17. The molecule has 0 fully saturated rings. The highest BCUT2D eigenvalue weighted by Gasteiger charge is 2.26. The molecule has 1 aliphatic rings. The Morgan fingerprint density at radius 1 is 1.10 bits per heavy atom. The zero-order chi connectivity index (χ0) is 20.2. The topological polar surface area (TPSA) is 71.5 Å². The summed E-state index contributed by atoms with van der Waals surface area (Å²) < 4.78 is 5.12. The quantitative estimate of drug-likeness (QED) is 0.664. The number of pyridine rings is 1. The average molecular weight is 387 g/mol. The number of hydrogen-bond acceptors (Lipinski definition) is 5. The number of ether oxygens (including phenoxy) is 1. The van der Waals surface area contributed by atoms with Gasteiger partial charge in [0, 0.05) is 24.1 Å². The molecule has 0 saturated heterocycles. The highest BCUT2D eigenvalue weighted by Crippen LogP contribution is 2.29. The zero-order valence-corrected chi connectivity index (χ0v) is 16.1. The van der Waals surface area contributed by atoms with Gasteiger partial charge in [-0.1, -0.05) is 30.3 Å². The third-order valence-electron chi connectivity index (χ3n) is 4.81. The average Bonchev–Trinajstić information content (AvgIpc) is 3.18. The van der Waals surface area contributed by atoms with Crippen LogP contribution in [0.25, 0.3) is 0 Å². The fourth-order valence-corrected chi connectivity index (χ4v) is 3.45. The number of nitrogens with zero attached hydrogens (tertiary/aromatic N) is 2. The molecule has 2 aromatic carbocycles. The van der Waals surface area contributed by atoms with Crippen molar-refractivity contribution in [1.29, 1.82) is 0 Å². The number of nitrogens with one attached hydrogen (secondary N) is 1. The number of esters is 1. The van der Waals surface area contributed by atoms with E-state index in [-0.39, 0.29) is 5.91 Å². The second kappa shape index (κ2) is 8.14. The van der Waals surface area contributed by atoms with Gasteiger partial charge in [-0.2, -0.15) is 0 Å². The fourth-order valence-electron chi connectivity index (χ4n) is 3.45. The minimum atomic E-state index is -0.394. The van der Waals surface area contributed by atoms with Crippen LogP contribution < -0.4 is 10.2 Å². The van der Waals surface area contributed by atoms with E-state index in [1.54, 1.807) is 48.4 Å². The third-order valence-corrected chi connectivity index (χ3v) is 4.81. The fraction of sp³-hybridized carbons (Fsp3) is 0.174. The van der Waals surface area contributed by atoms with E-state index in [1.807, 2.05) is 30.3 Å². The molecule has 1 N–H and O–H groups in total. The van der Waals surface area contributed by atoms with Crippen LogP contribution >= 0.6 is 0 Å². The SMILES string of the molecule is CCOC(=O)c1ccccc1Nc1ccnc(C(=O)N2CCc3ccccc32)c1. The standard InChI is InChI=1S/C23H21N3O3/c1-2-29-23(28)18-8-4-5-9-19(18)25-17-11-13-24-20(15-17)22(27)26-14-12-16-7-3-6-10-21(16)26/h3-11,13,15H,2,12,14H2,1H3,(H,24,25). The molecule has 0 bridgehead atoms. The van der Waals surface area contributed by atoms with Gasteiger partial charge in [0.1, 0.15) is 5.69 Å². The van der Waals surface area contributed by atoms with Crippen LogP contribution in [0.2, 0.25) is 0 Å². The number of rotatable bonds is 5. The minimum Gasteiger partial charge on any atom is -0.462 e. The van der Waals surface area contributed by atoms with Gasteiger partial charge in [0.05, 0.1) is 17.9 Å². The van der Waals surface area contributed by atoms with Crippen molar-refractivity contribution in [2.75, 3.05) is 23.4 Å². The lowest BCUT2D eigenvalue weighted by Crippen LogP contribution is -2.29. The second-order valence-electron chi connectivity index (χ2n) is 6.66. The number of anilines is 3. The number of benzene rings is 2. The zero-order valence-electron chi connectivity index (χ0n) is 16.1. The Hall–Kier alpha value is -3.67. The van der Waals surface area contributed by atoms with Gasteiger partial charge in [-0.15, -0.1) is 0 Å². The number of fused-ring (bicyclic) bond motifs is 1. The van der Waals surface area contributed by atoms with E-state index in [0.29, 0.717) is 35.8 Å². The van der Waals surface area contributed by atoms with Crippen LogP contribution in [-0.4, -0.2) is 30.0 Å². The van der Waals surface area contributed by atoms with Crippen molar-refractivity contribution in [3.05, 3.63) is 83.7 Å². The van der Waals surface area contributed by atoms with Crippen molar-refractivity contribution in [1.82, 2.24) is 4.98 Å². The largest absolute Gasteiger partial charge is 0.462 e. The molecule has 2 heterocycles. The van der Waals surface area contributed by atoms with Crippen LogP contribution in [0, 0.1) is 0 Å². The molecule has 3 aromatic rings. The Morgan fingerprint density at radius 2 is 1.90 bits per heavy atom. The second-order valence-corrected chi connectivity index (χ2v) is 6.66. The maximum absolute atomic E-state index is 13.0. The minimum absolute atomic E-state index is 0.141. The van der Waals surface area contributed by atoms with E-state index in [4.69, 9.17) is 4.74 Å². The molecule has 0 atom stereocenters. The summed E-state index contributed by atoms with van der Waals surface area (Å²) in [4.78, 5) is 31.2. The molecule has 0 saturated carbocycles. The molecule has 0 radical (unpaired) electrons. The first kappa shape index (κ1) is 18.7. The molecular formula is C23H21N3O3. The Bertz CT molecular complexity index is 1060. The smallest absolute Gasteiger partial charge is 0.340 e. The van der Waals surface area contributed by atoms with E-state index in [1.165, 1.54) is 5.56 Å². The number of amides is 1. The summed E-state index contributed by atoms with van der Waals surface area (Å²) in [5.74, 6) is -0.535. The van der Waals surface area contributed by atoms with Gasteiger partial charge in [0.25, 0.3) is 5.91 Å². The summed E-state index contributed by atoms with van der Waals surface area (Å²) in [6.07, 6.45) is 2.43. The summed E-state index contributed by atoms with van der Waals surface area (Å²) >= 11 is 0. The summed E-state index contributed by atoms with van der Waals surface area (Å²) in [5, 5.41) is 3.21. The highest BCUT2D eigenvalue weighted by molar-refractivity contribution is 6.06. The molecule has 1 aliphatic heterocycles. The summed E-state index contributed by atoms with van der Waals surface area (Å²) in [6, 6.07) is 18.5. The maximum Gasteiger partial charge on any atom is 0.340 e. The molecule has 6 nitrogen and oxygen atoms in total. The molecule has 1 aromatic heterocycles. The van der Waals surface area contributed by atoms with Gasteiger partial charge in [-0.05, 0) is 49.2 Å². The molecule has 146 valence electrons. The van der Waals surface area contributed by atoms with E-state index < -0.39 is 5.97 Å². The third kappa shape index (κ3) is 3.82. The molecule has 0 aliphatic carbocycles. The van der Waals surface area contributed by atoms with Crippen molar-refractivity contribution < 1.29 is 14.3 Å². The Morgan fingerprint density at radius 3 is 2.76 bits per heavy atom. The number of para-hydroxylation sites is 2. The first-order valence-electron chi connectivity index (χ1n) is 9.56. The van der Waals surface area contributed by atoms with E-state index in [2.05, 4.69) is 10.3 Å². The van der Waals surface area contributed by atoms with Gasteiger partial charge in [0.2, 0.25) is 0 Å². The number of carbonyl (C=O) groups is 2. The number of carbonyl (C=O) groups excluding carboxylic acids is 2. The van der Waals surface area contributed by atoms with Crippen LogP contribution in [0.5, 0.6) is 0 Å². The number of aromatic nitrogens is 1. The Kier molecular flexibility index (Phi) is 5.24. The summed E-state index contributed by atoms with van der Waals surface area (Å²) in [6.45, 7) is 2.72. The Balaban J connectivity index is 1.58. The van der Waals surface area contributed by atoms with Crippen LogP contribution in [-0.2, 0) is 11.2 Å². The molecule has 6 heteroatoms. The van der Waals surface area contributed by atoms with E-state index >= 15 is 0 Å². The van der Waals surface area contributed by atoms with Crippen molar-refractivity contribution in [3.63, 3.8) is 0 Å². The Labute approximate surface area is 169 Å².